The molecule has 0 bridgehead atoms. The van der Waals surface area contributed by atoms with E-state index in [0.717, 1.165) is 15.9 Å². The molecule has 11 heteroatoms. The van der Waals surface area contributed by atoms with Crippen LogP contribution in [0.2, 0.25) is 0 Å². The summed E-state index contributed by atoms with van der Waals surface area (Å²) >= 11 is 1.02. The third-order valence-corrected chi connectivity index (χ3v) is 8.87. The molecule has 0 aliphatic carbocycles. The molecule has 1 aliphatic heterocycles. The van der Waals surface area contributed by atoms with Crippen LogP contribution in [0.5, 0.6) is 0 Å². The number of ether oxygens (including phenoxy) is 1. The van der Waals surface area contributed by atoms with Crippen LogP contribution in [0.1, 0.15) is 17.0 Å². The molecule has 186 valence electrons. The second-order valence-electron chi connectivity index (χ2n) is 8.03. The fourth-order valence-corrected chi connectivity index (χ4v) is 7.07. The maximum Gasteiger partial charge on any atom is 0.337 e. The number of carbonyl (C=O) groups is 1. The molecule has 0 amide bonds. The zero-order valence-corrected chi connectivity index (χ0v) is 21.1. The van der Waals surface area contributed by atoms with Crippen LogP contribution in [0, 0.1) is 0 Å². The van der Waals surface area contributed by atoms with E-state index >= 15 is 0 Å². The first-order valence-corrected chi connectivity index (χ1v) is 13.3. The first-order valence-electron chi connectivity index (χ1n) is 11.0. The third-order valence-electron chi connectivity index (χ3n) is 5.85. The fourth-order valence-electron chi connectivity index (χ4n) is 4.21. The Bertz CT molecular complexity index is 1810. The Hall–Kier alpha value is -4.35. The zero-order valence-electron chi connectivity index (χ0n) is 19.4. The number of methoxy groups -OCH3 is 1. The fraction of sp³-hybridized carbons (Fsp3) is 0.0769. The molecule has 5 rings (SSSR count). The number of aromatic nitrogens is 3. The highest BCUT2D eigenvalue weighted by molar-refractivity contribution is 7.95. The number of benzene rings is 1. The molecule has 4 heterocycles. The molecule has 4 aromatic rings. The monoisotopic (exact) mass is 532 g/mol. The van der Waals surface area contributed by atoms with E-state index in [0.29, 0.717) is 11.1 Å². The highest BCUT2D eigenvalue weighted by Gasteiger charge is 2.42. The first-order chi connectivity index (χ1) is 17.8. The van der Waals surface area contributed by atoms with Gasteiger partial charge >= 0.3 is 5.97 Å². The Balaban J connectivity index is 1.93. The number of sulfone groups is 1. The number of nitrogens with two attached hydrogens (primary N) is 1. The lowest BCUT2D eigenvalue weighted by molar-refractivity contribution is -0.134. The van der Waals surface area contributed by atoms with Gasteiger partial charge in [0.05, 0.1) is 28.0 Å². The van der Waals surface area contributed by atoms with Crippen molar-refractivity contribution in [1.29, 1.82) is 0 Å². The number of esters is 1. The van der Waals surface area contributed by atoms with Crippen LogP contribution in [-0.2, 0) is 19.4 Å². The highest BCUT2D eigenvalue weighted by atomic mass is 32.2. The van der Waals surface area contributed by atoms with Crippen LogP contribution in [0.25, 0.3) is 17.5 Å². The van der Waals surface area contributed by atoms with Gasteiger partial charge in [0.25, 0.3) is 5.56 Å². The van der Waals surface area contributed by atoms with Crippen LogP contribution in [0.4, 0.5) is 0 Å². The summed E-state index contributed by atoms with van der Waals surface area (Å²) in [6.45, 7) is 0. The van der Waals surface area contributed by atoms with Crippen LogP contribution in [-0.4, -0.2) is 36.0 Å². The van der Waals surface area contributed by atoms with Gasteiger partial charge in [-0.3, -0.25) is 19.3 Å². The maximum absolute atomic E-state index is 14.0. The normalized spacial score (nSPS) is 16.0. The molecule has 0 radical (unpaired) electrons. The van der Waals surface area contributed by atoms with E-state index in [1.807, 2.05) is 0 Å². The summed E-state index contributed by atoms with van der Waals surface area (Å²) < 4.78 is 34.6. The Morgan fingerprint density at radius 3 is 2.38 bits per heavy atom. The minimum absolute atomic E-state index is 0.0212. The average Bonchev–Trinajstić information content (AvgIpc) is 3.25. The standard InChI is InChI=1S/C26H20N4O5S2/c1-35-26(32)21-20(17-8-6-12-29-15-17)22(37(33,34)18-9-3-2-4-10-18)23(27)30-24(31)19(36-25(21)30)13-16-7-5-11-28-14-16/h2-15,20H,27H2,1H3/b19-13-/t20-/m1/s1. The summed E-state index contributed by atoms with van der Waals surface area (Å²) in [4.78, 5) is 34.7. The van der Waals surface area contributed by atoms with Crippen molar-refractivity contribution in [2.45, 2.75) is 10.8 Å². The Morgan fingerprint density at radius 1 is 1.05 bits per heavy atom. The molecule has 9 nitrogen and oxygen atoms in total. The number of rotatable bonds is 5. The van der Waals surface area contributed by atoms with Crippen molar-refractivity contribution in [3.05, 3.63) is 115 Å². The van der Waals surface area contributed by atoms with Crippen molar-refractivity contribution in [2.75, 3.05) is 7.11 Å². The molecule has 3 aromatic heterocycles. The minimum atomic E-state index is -4.27. The molecular weight excluding hydrogens is 512 g/mol. The Kier molecular flexibility index (Phi) is 6.32. The van der Waals surface area contributed by atoms with E-state index in [1.165, 1.54) is 31.6 Å². The van der Waals surface area contributed by atoms with Gasteiger partial charge < -0.3 is 10.5 Å². The Labute approximate surface area is 215 Å². The molecular formula is C26H20N4O5S2. The lowest BCUT2D eigenvalue weighted by Gasteiger charge is -2.27. The van der Waals surface area contributed by atoms with Crippen molar-refractivity contribution in [2.24, 2.45) is 5.73 Å². The SMILES string of the molecule is COC(=O)C1=c2s/c(=C\c3cccnc3)c(=O)n2C(N)=C(S(=O)(=O)c2ccccc2)[C@@H]1c1cccnc1. The van der Waals surface area contributed by atoms with Crippen molar-refractivity contribution in [3.63, 3.8) is 0 Å². The topological polar surface area (TPSA) is 134 Å². The van der Waals surface area contributed by atoms with Gasteiger partial charge in [-0.15, -0.1) is 11.3 Å². The summed E-state index contributed by atoms with van der Waals surface area (Å²) in [5.41, 5.74) is 6.99. The van der Waals surface area contributed by atoms with E-state index in [2.05, 4.69) is 9.97 Å². The second kappa shape index (κ2) is 9.60. The van der Waals surface area contributed by atoms with Gasteiger partial charge in [-0.25, -0.2) is 13.2 Å². The maximum atomic E-state index is 14.0. The number of thiazole rings is 1. The summed E-state index contributed by atoms with van der Waals surface area (Å²) in [6.07, 6.45) is 7.79. The average molecular weight is 533 g/mol. The van der Waals surface area contributed by atoms with Gasteiger partial charge in [0.2, 0.25) is 9.84 Å². The largest absolute Gasteiger partial charge is 0.466 e. The molecule has 2 N–H and O–H groups in total. The van der Waals surface area contributed by atoms with Gasteiger partial charge in [0, 0.05) is 24.8 Å². The van der Waals surface area contributed by atoms with Gasteiger partial charge in [-0.2, -0.15) is 0 Å². The van der Waals surface area contributed by atoms with Gasteiger partial charge in [-0.1, -0.05) is 30.3 Å². The molecule has 0 fully saturated rings. The predicted octanol–water partition coefficient (Wildman–Crippen LogP) is 1.21. The second-order valence-corrected chi connectivity index (χ2v) is 11.0. The van der Waals surface area contributed by atoms with Gasteiger partial charge in [0.15, 0.2) is 0 Å². The molecule has 0 spiro atoms. The summed E-state index contributed by atoms with van der Waals surface area (Å²) in [6, 6.07) is 14.5. The van der Waals surface area contributed by atoms with Crippen molar-refractivity contribution in [1.82, 2.24) is 14.5 Å². The predicted molar refractivity (Wildman–Crippen MR) is 139 cm³/mol. The van der Waals surface area contributed by atoms with Gasteiger partial charge in [-0.05, 0) is 41.5 Å². The third kappa shape index (κ3) is 4.17. The van der Waals surface area contributed by atoms with Crippen molar-refractivity contribution in [3.8, 4) is 0 Å². The number of hydrogen-bond donors (Lipinski definition) is 1. The van der Waals surface area contributed by atoms with Crippen LogP contribution in [0.15, 0.2) is 94.0 Å². The molecule has 0 unspecified atom stereocenters. The Morgan fingerprint density at radius 2 is 1.76 bits per heavy atom. The van der Waals surface area contributed by atoms with Crippen LogP contribution >= 0.6 is 11.3 Å². The lowest BCUT2D eigenvalue weighted by Crippen LogP contribution is -2.41. The molecule has 1 aliphatic rings. The number of carbonyl (C=O) groups excluding carboxylic acids is 1. The quantitative estimate of drug-likeness (QED) is 0.379. The van der Waals surface area contributed by atoms with Crippen molar-refractivity contribution >= 4 is 44.6 Å². The summed E-state index contributed by atoms with van der Waals surface area (Å²) in [5, 5.41) is 0. The van der Waals surface area contributed by atoms with E-state index in [9.17, 15) is 18.0 Å². The molecule has 1 atom stereocenters. The number of hydrogen-bond acceptors (Lipinski definition) is 9. The molecule has 0 saturated heterocycles. The van der Waals surface area contributed by atoms with Crippen molar-refractivity contribution < 1.29 is 17.9 Å². The molecule has 1 aromatic carbocycles. The summed E-state index contributed by atoms with van der Waals surface area (Å²) in [7, 11) is -3.07. The number of nitrogens with zero attached hydrogens (tertiary/aromatic N) is 3. The lowest BCUT2D eigenvalue weighted by atomic mass is 9.90. The molecule has 37 heavy (non-hydrogen) atoms. The zero-order chi connectivity index (χ0) is 26.2. The highest BCUT2D eigenvalue weighted by Crippen LogP contribution is 2.41. The van der Waals surface area contributed by atoms with E-state index in [1.54, 1.807) is 60.9 Å². The first kappa shape index (κ1) is 24.3. The van der Waals surface area contributed by atoms with E-state index < -0.39 is 27.3 Å². The van der Waals surface area contributed by atoms with Gasteiger partial charge in [0.1, 0.15) is 15.4 Å². The minimum Gasteiger partial charge on any atom is -0.466 e. The summed E-state index contributed by atoms with van der Waals surface area (Å²) in [5.74, 6) is -2.23. The number of pyridine rings is 2. The number of fused-ring (bicyclic) bond motifs is 1. The van der Waals surface area contributed by atoms with Crippen LogP contribution in [0.3, 0.4) is 0 Å². The smallest absolute Gasteiger partial charge is 0.337 e. The van der Waals surface area contributed by atoms with E-state index in [4.69, 9.17) is 10.5 Å². The number of allylic oxidation sites excluding steroid dienone is 1. The van der Waals surface area contributed by atoms with Crippen LogP contribution < -0.4 is 20.5 Å². The van der Waals surface area contributed by atoms with E-state index in [-0.39, 0.29) is 30.4 Å². The molecule has 0 saturated carbocycles.